The van der Waals surface area contributed by atoms with E-state index < -0.39 is 6.04 Å². The summed E-state index contributed by atoms with van der Waals surface area (Å²) in [5.74, 6) is 3.01. The summed E-state index contributed by atoms with van der Waals surface area (Å²) >= 11 is 1.69. The highest BCUT2D eigenvalue weighted by atomic mass is 35.5. The van der Waals surface area contributed by atoms with Gasteiger partial charge < -0.3 is 16.4 Å². The van der Waals surface area contributed by atoms with Crippen molar-refractivity contribution in [2.75, 3.05) is 18.6 Å². The minimum atomic E-state index is -0.484. The number of hydrogen-bond acceptors (Lipinski definition) is 4. The number of nitrogens with one attached hydrogen (secondary N) is 2. The van der Waals surface area contributed by atoms with Gasteiger partial charge in [0.05, 0.1) is 6.04 Å². The Hall–Kier alpha value is -0.460. The van der Waals surface area contributed by atoms with E-state index in [0.717, 1.165) is 25.0 Å². The normalized spacial score (nSPS) is 24.0. The molecule has 0 unspecified atom stereocenters. The number of carbonyl (C=O) groups is 2. The quantitative estimate of drug-likeness (QED) is 0.447. The first-order chi connectivity index (χ1) is 13.1. The van der Waals surface area contributed by atoms with Crippen molar-refractivity contribution in [2.45, 2.75) is 78.8 Å². The fourth-order valence-corrected chi connectivity index (χ4v) is 4.79. The lowest BCUT2D eigenvalue weighted by Gasteiger charge is -2.36. The molecule has 0 aromatic carbocycles. The minimum Gasteiger partial charge on any atom is -0.354 e. The van der Waals surface area contributed by atoms with Gasteiger partial charge in [-0.15, -0.1) is 12.4 Å². The van der Waals surface area contributed by atoms with Crippen molar-refractivity contribution in [3.63, 3.8) is 0 Å². The molecule has 1 aliphatic carbocycles. The summed E-state index contributed by atoms with van der Waals surface area (Å²) < 4.78 is 0. The third kappa shape index (κ3) is 10.4. The molecule has 0 aliphatic heterocycles. The Labute approximate surface area is 188 Å². The van der Waals surface area contributed by atoms with Crippen LogP contribution >= 0.6 is 24.2 Å². The molecular weight excluding hydrogens is 406 g/mol. The van der Waals surface area contributed by atoms with Gasteiger partial charge >= 0.3 is 0 Å². The van der Waals surface area contributed by atoms with E-state index in [1.807, 2.05) is 6.26 Å². The lowest BCUT2D eigenvalue weighted by molar-refractivity contribution is -0.130. The van der Waals surface area contributed by atoms with E-state index in [2.05, 4.69) is 45.3 Å². The Morgan fingerprint density at radius 3 is 2.38 bits per heavy atom. The van der Waals surface area contributed by atoms with Crippen molar-refractivity contribution < 1.29 is 9.59 Å². The maximum atomic E-state index is 13.0. The van der Waals surface area contributed by atoms with Gasteiger partial charge in [0.1, 0.15) is 0 Å². The van der Waals surface area contributed by atoms with E-state index in [1.54, 1.807) is 11.8 Å². The van der Waals surface area contributed by atoms with Crippen LogP contribution < -0.4 is 16.4 Å². The number of amides is 2. The van der Waals surface area contributed by atoms with E-state index in [0.29, 0.717) is 36.6 Å². The monoisotopic (exact) mass is 449 g/mol. The number of hydrogen-bond donors (Lipinski definition) is 3. The maximum Gasteiger partial charge on any atom is 0.237 e. The SMILES string of the molecule is CSCC[C@H](N)C(=O)N[C@H](CNC(=O)[C@@H]1C[C@H](C)CC[C@H]1C(C)C)CC(C)C.Cl. The van der Waals surface area contributed by atoms with Crippen LogP contribution in [0.2, 0.25) is 0 Å². The van der Waals surface area contributed by atoms with Crippen LogP contribution in [0.15, 0.2) is 0 Å². The third-order valence-electron chi connectivity index (χ3n) is 5.95. The van der Waals surface area contributed by atoms with Gasteiger partial charge in [-0.05, 0) is 61.4 Å². The van der Waals surface area contributed by atoms with Crippen molar-refractivity contribution >= 4 is 36.0 Å². The smallest absolute Gasteiger partial charge is 0.237 e. The van der Waals surface area contributed by atoms with E-state index in [9.17, 15) is 9.59 Å². The Kier molecular flexibility index (Phi) is 14.3. The third-order valence-corrected chi connectivity index (χ3v) is 6.60. The van der Waals surface area contributed by atoms with Gasteiger partial charge in [-0.2, -0.15) is 11.8 Å². The highest BCUT2D eigenvalue weighted by Crippen LogP contribution is 2.38. The molecule has 1 fully saturated rings. The lowest BCUT2D eigenvalue weighted by Crippen LogP contribution is -2.51. The molecule has 5 atom stereocenters. The zero-order valence-electron chi connectivity index (χ0n) is 19.2. The minimum absolute atomic E-state index is 0. The van der Waals surface area contributed by atoms with Crippen LogP contribution in [0.5, 0.6) is 0 Å². The average Bonchev–Trinajstić information content (AvgIpc) is 2.62. The van der Waals surface area contributed by atoms with Gasteiger partial charge in [-0.3, -0.25) is 9.59 Å². The first-order valence-corrected chi connectivity index (χ1v) is 12.4. The Morgan fingerprint density at radius 2 is 1.83 bits per heavy atom. The first-order valence-electron chi connectivity index (χ1n) is 11.0. The predicted octanol–water partition coefficient (Wildman–Crippen LogP) is 3.84. The number of halogens is 1. The van der Waals surface area contributed by atoms with Crippen molar-refractivity contribution in [1.29, 1.82) is 0 Å². The molecule has 0 aromatic rings. The summed E-state index contributed by atoms with van der Waals surface area (Å²) in [5.41, 5.74) is 6.01. The number of carbonyl (C=O) groups excluding carboxylic acids is 2. The molecule has 0 bridgehead atoms. The second-order valence-corrected chi connectivity index (χ2v) is 10.4. The van der Waals surface area contributed by atoms with Crippen molar-refractivity contribution in [3.8, 4) is 0 Å². The van der Waals surface area contributed by atoms with Crippen LogP contribution in [0.3, 0.4) is 0 Å². The van der Waals surface area contributed by atoms with Crippen LogP contribution in [0.1, 0.15) is 66.7 Å². The van der Waals surface area contributed by atoms with Crippen LogP contribution in [-0.2, 0) is 9.59 Å². The first kappa shape index (κ1) is 28.5. The van der Waals surface area contributed by atoms with E-state index in [4.69, 9.17) is 5.73 Å². The summed E-state index contributed by atoms with van der Waals surface area (Å²) in [4.78, 5) is 25.4. The summed E-state index contributed by atoms with van der Waals surface area (Å²) in [6, 6.07) is -0.558. The van der Waals surface area contributed by atoms with E-state index >= 15 is 0 Å². The molecule has 0 saturated heterocycles. The molecule has 0 spiro atoms. The van der Waals surface area contributed by atoms with E-state index in [1.165, 1.54) is 6.42 Å². The molecule has 5 nitrogen and oxygen atoms in total. The molecule has 4 N–H and O–H groups in total. The lowest BCUT2D eigenvalue weighted by atomic mass is 9.70. The zero-order valence-corrected chi connectivity index (χ0v) is 20.8. The largest absolute Gasteiger partial charge is 0.354 e. The molecule has 1 aliphatic rings. The van der Waals surface area contributed by atoms with Crippen molar-refractivity contribution in [2.24, 2.45) is 35.3 Å². The fraction of sp³-hybridized carbons (Fsp3) is 0.909. The molecule has 1 rings (SSSR count). The number of thioether (sulfide) groups is 1. The van der Waals surface area contributed by atoms with Gasteiger partial charge in [0.15, 0.2) is 0 Å². The second-order valence-electron chi connectivity index (χ2n) is 9.40. The summed E-state index contributed by atoms with van der Waals surface area (Å²) in [5, 5.41) is 6.22. The Balaban J connectivity index is 0.00000784. The summed E-state index contributed by atoms with van der Waals surface area (Å²) in [6.45, 7) is 11.4. The molecule has 0 aromatic heterocycles. The van der Waals surface area contributed by atoms with Crippen molar-refractivity contribution in [3.05, 3.63) is 0 Å². The Bertz CT molecular complexity index is 491. The molecule has 0 heterocycles. The summed E-state index contributed by atoms with van der Waals surface area (Å²) in [6.07, 6.45) is 6.83. The molecular formula is C22H44ClN3O2S. The average molecular weight is 450 g/mol. The van der Waals surface area contributed by atoms with E-state index in [-0.39, 0.29) is 36.2 Å². The topological polar surface area (TPSA) is 84.2 Å². The molecule has 29 heavy (non-hydrogen) atoms. The van der Waals surface area contributed by atoms with Gasteiger partial charge in [0.25, 0.3) is 0 Å². The van der Waals surface area contributed by atoms with Crippen LogP contribution in [-0.4, -0.2) is 42.5 Å². The van der Waals surface area contributed by atoms with Gasteiger partial charge in [0, 0.05) is 18.5 Å². The van der Waals surface area contributed by atoms with Gasteiger partial charge in [0.2, 0.25) is 11.8 Å². The highest BCUT2D eigenvalue weighted by molar-refractivity contribution is 7.98. The van der Waals surface area contributed by atoms with Crippen LogP contribution in [0, 0.1) is 29.6 Å². The Morgan fingerprint density at radius 1 is 1.17 bits per heavy atom. The van der Waals surface area contributed by atoms with Crippen molar-refractivity contribution in [1.82, 2.24) is 10.6 Å². The zero-order chi connectivity index (χ0) is 21.3. The predicted molar refractivity (Wildman–Crippen MR) is 127 cm³/mol. The van der Waals surface area contributed by atoms with Gasteiger partial charge in [-0.25, -0.2) is 0 Å². The summed E-state index contributed by atoms with van der Waals surface area (Å²) in [7, 11) is 0. The maximum absolute atomic E-state index is 13.0. The fourth-order valence-electron chi connectivity index (χ4n) is 4.31. The molecule has 172 valence electrons. The van der Waals surface area contributed by atoms with Crippen LogP contribution in [0.25, 0.3) is 0 Å². The molecule has 7 heteroatoms. The molecule has 0 radical (unpaired) electrons. The highest BCUT2D eigenvalue weighted by Gasteiger charge is 2.35. The molecule has 2 amide bonds. The van der Waals surface area contributed by atoms with Gasteiger partial charge in [-0.1, -0.05) is 41.0 Å². The van der Waals surface area contributed by atoms with Crippen LogP contribution in [0.4, 0.5) is 0 Å². The molecule has 1 saturated carbocycles. The standard InChI is InChI=1S/C22H43N3O2S.ClH/c1-14(2)11-17(25-22(27)20(23)9-10-28-6)13-24-21(26)19-12-16(5)7-8-18(19)15(3)4;/h14-20H,7-13,23H2,1-6H3,(H,24,26)(H,25,27);1H/t16-,17+,18+,19-,20+;/m1./s1. The number of nitrogens with two attached hydrogens (primary N) is 1. The second kappa shape index (κ2) is 14.5. The number of rotatable bonds is 11.